The highest BCUT2D eigenvalue weighted by molar-refractivity contribution is 5.40. The fourth-order valence-electron chi connectivity index (χ4n) is 2.92. The Balaban J connectivity index is 3.40. The van der Waals surface area contributed by atoms with Gasteiger partial charge in [-0.05, 0) is 36.8 Å². The van der Waals surface area contributed by atoms with Gasteiger partial charge < -0.3 is 9.67 Å². The smallest absolute Gasteiger partial charge is 0.0610 e. The number of nitrogens with zero attached hydrogens (tertiary/aromatic N) is 1. The molecular weight excluding hydrogens is 198 g/mol. The third-order valence-electron chi connectivity index (χ3n) is 3.32. The molecule has 0 amide bonds. The van der Waals surface area contributed by atoms with Gasteiger partial charge in [0.15, 0.2) is 0 Å². The maximum atomic E-state index is 9.17. The van der Waals surface area contributed by atoms with Crippen LogP contribution < -0.4 is 0 Å². The molecule has 0 aliphatic heterocycles. The Morgan fingerprint density at radius 3 is 2.00 bits per heavy atom. The molecule has 0 aromatic carbocycles. The third kappa shape index (κ3) is 2.17. The Hall–Kier alpha value is -0.760. The Morgan fingerprint density at radius 2 is 1.62 bits per heavy atom. The van der Waals surface area contributed by atoms with Gasteiger partial charge in [0.1, 0.15) is 0 Å². The summed E-state index contributed by atoms with van der Waals surface area (Å²) in [5.41, 5.74) is 5.58. The predicted octanol–water partition coefficient (Wildman–Crippen LogP) is 3.34. The van der Waals surface area contributed by atoms with Crippen LogP contribution in [0.2, 0.25) is 0 Å². The molecule has 0 spiro atoms. The van der Waals surface area contributed by atoms with Crippen LogP contribution in [0, 0.1) is 13.8 Å². The van der Waals surface area contributed by atoms with Crippen LogP contribution in [0.15, 0.2) is 0 Å². The monoisotopic (exact) mass is 223 g/mol. The van der Waals surface area contributed by atoms with Crippen LogP contribution in [-0.2, 0) is 6.54 Å². The van der Waals surface area contributed by atoms with E-state index in [9.17, 15) is 0 Å². The van der Waals surface area contributed by atoms with Crippen LogP contribution in [-0.4, -0.2) is 16.3 Å². The van der Waals surface area contributed by atoms with Crippen molar-refractivity contribution in [1.82, 2.24) is 4.57 Å². The molecule has 2 heteroatoms. The molecule has 0 fully saturated rings. The van der Waals surface area contributed by atoms with Crippen molar-refractivity contribution in [1.29, 1.82) is 0 Å². The molecule has 1 rings (SSSR count). The normalized spacial score (nSPS) is 11.8. The van der Waals surface area contributed by atoms with Crippen LogP contribution in [0.3, 0.4) is 0 Å². The molecule has 0 saturated heterocycles. The summed E-state index contributed by atoms with van der Waals surface area (Å²) in [6.45, 7) is 14.2. The largest absolute Gasteiger partial charge is 0.395 e. The van der Waals surface area contributed by atoms with E-state index < -0.39 is 0 Å². The second-order valence-corrected chi connectivity index (χ2v) is 5.19. The summed E-state index contributed by atoms with van der Waals surface area (Å²) in [6, 6.07) is 0. The van der Waals surface area contributed by atoms with Crippen LogP contribution in [0.25, 0.3) is 0 Å². The zero-order chi connectivity index (χ0) is 12.5. The number of rotatable bonds is 4. The molecule has 0 bridgehead atoms. The lowest BCUT2D eigenvalue weighted by molar-refractivity contribution is 0.272. The highest BCUT2D eigenvalue weighted by Gasteiger charge is 2.20. The summed E-state index contributed by atoms with van der Waals surface area (Å²) in [7, 11) is 0. The van der Waals surface area contributed by atoms with E-state index in [2.05, 4.69) is 46.1 Å². The van der Waals surface area contributed by atoms with E-state index >= 15 is 0 Å². The van der Waals surface area contributed by atoms with Crippen molar-refractivity contribution < 1.29 is 5.11 Å². The van der Waals surface area contributed by atoms with E-state index in [-0.39, 0.29) is 6.61 Å². The van der Waals surface area contributed by atoms with E-state index in [4.69, 9.17) is 5.11 Å². The van der Waals surface area contributed by atoms with Crippen molar-refractivity contribution in [3.05, 3.63) is 22.5 Å². The zero-order valence-corrected chi connectivity index (χ0v) is 11.5. The van der Waals surface area contributed by atoms with Gasteiger partial charge in [0.05, 0.1) is 6.61 Å². The maximum Gasteiger partial charge on any atom is 0.0610 e. The van der Waals surface area contributed by atoms with Crippen LogP contribution in [0.1, 0.15) is 62.0 Å². The number of aliphatic hydroxyl groups is 1. The summed E-state index contributed by atoms with van der Waals surface area (Å²) in [6.07, 6.45) is 0. The Bertz CT molecular complexity index is 361. The first-order valence-electron chi connectivity index (χ1n) is 6.22. The number of aromatic nitrogens is 1. The van der Waals surface area contributed by atoms with E-state index in [1.165, 1.54) is 22.5 Å². The first-order chi connectivity index (χ1) is 7.41. The van der Waals surface area contributed by atoms with Crippen LogP contribution >= 0.6 is 0 Å². The molecule has 1 aromatic rings. The van der Waals surface area contributed by atoms with Crippen molar-refractivity contribution in [2.45, 2.75) is 59.9 Å². The van der Waals surface area contributed by atoms with Crippen molar-refractivity contribution in [3.8, 4) is 0 Å². The maximum absolute atomic E-state index is 9.17. The fourth-order valence-corrected chi connectivity index (χ4v) is 2.92. The van der Waals surface area contributed by atoms with Gasteiger partial charge in [0.25, 0.3) is 0 Å². The van der Waals surface area contributed by atoms with Crippen molar-refractivity contribution >= 4 is 0 Å². The summed E-state index contributed by atoms with van der Waals surface area (Å²) >= 11 is 0. The lowest BCUT2D eigenvalue weighted by atomic mass is 9.96. The topological polar surface area (TPSA) is 25.2 Å². The van der Waals surface area contributed by atoms with E-state index in [0.29, 0.717) is 18.4 Å². The fraction of sp³-hybridized carbons (Fsp3) is 0.714. The van der Waals surface area contributed by atoms with Gasteiger partial charge in [0.2, 0.25) is 0 Å². The highest BCUT2D eigenvalue weighted by atomic mass is 16.3. The zero-order valence-electron chi connectivity index (χ0n) is 11.5. The minimum atomic E-state index is 0.214. The molecule has 1 N–H and O–H groups in total. The molecule has 0 aliphatic carbocycles. The standard InChI is InChI=1S/C14H25NO/c1-9(2)13-11(5)14(10(3)4)15(7-8-16)12(13)6/h9-10,16H,7-8H2,1-6H3. The summed E-state index contributed by atoms with van der Waals surface area (Å²) < 4.78 is 2.29. The minimum Gasteiger partial charge on any atom is -0.395 e. The SMILES string of the molecule is Cc1c(C(C)C)c(C)n(CCO)c1C(C)C. The van der Waals surface area contributed by atoms with Crippen LogP contribution in [0.5, 0.6) is 0 Å². The average molecular weight is 223 g/mol. The second-order valence-electron chi connectivity index (χ2n) is 5.19. The minimum absolute atomic E-state index is 0.214. The van der Waals surface area contributed by atoms with E-state index in [0.717, 1.165) is 0 Å². The van der Waals surface area contributed by atoms with Gasteiger partial charge >= 0.3 is 0 Å². The van der Waals surface area contributed by atoms with Crippen molar-refractivity contribution in [2.24, 2.45) is 0 Å². The molecule has 0 aliphatic rings. The number of aliphatic hydroxyl groups excluding tert-OH is 1. The van der Waals surface area contributed by atoms with E-state index in [1.54, 1.807) is 0 Å². The van der Waals surface area contributed by atoms with Gasteiger partial charge in [-0.15, -0.1) is 0 Å². The van der Waals surface area contributed by atoms with Gasteiger partial charge in [0, 0.05) is 17.9 Å². The highest BCUT2D eigenvalue weighted by Crippen LogP contribution is 2.32. The molecule has 0 saturated carbocycles. The van der Waals surface area contributed by atoms with Crippen LogP contribution in [0.4, 0.5) is 0 Å². The van der Waals surface area contributed by atoms with Gasteiger partial charge in [-0.2, -0.15) is 0 Å². The number of hydrogen-bond donors (Lipinski definition) is 1. The summed E-state index contributed by atoms with van der Waals surface area (Å²) in [4.78, 5) is 0. The third-order valence-corrected chi connectivity index (χ3v) is 3.32. The summed E-state index contributed by atoms with van der Waals surface area (Å²) in [5.74, 6) is 1.06. The predicted molar refractivity (Wildman–Crippen MR) is 69.2 cm³/mol. The molecular formula is C14H25NO. The molecule has 16 heavy (non-hydrogen) atoms. The first-order valence-corrected chi connectivity index (χ1v) is 6.22. The molecule has 0 radical (unpaired) electrons. The second kappa shape index (κ2) is 5.05. The summed E-state index contributed by atoms with van der Waals surface area (Å²) in [5, 5.41) is 9.17. The molecule has 0 atom stereocenters. The molecule has 0 unspecified atom stereocenters. The lowest BCUT2D eigenvalue weighted by Crippen LogP contribution is -2.09. The van der Waals surface area contributed by atoms with Gasteiger partial charge in [-0.1, -0.05) is 27.7 Å². The molecule has 1 heterocycles. The molecule has 1 aromatic heterocycles. The Morgan fingerprint density at radius 1 is 1.06 bits per heavy atom. The Labute approximate surface area is 99.3 Å². The molecule has 2 nitrogen and oxygen atoms in total. The van der Waals surface area contributed by atoms with Gasteiger partial charge in [-0.25, -0.2) is 0 Å². The van der Waals surface area contributed by atoms with Crippen molar-refractivity contribution in [2.75, 3.05) is 6.61 Å². The van der Waals surface area contributed by atoms with Crippen molar-refractivity contribution in [3.63, 3.8) is 0 Å². The first kappa shape index (κ1) is 13.3. The molecule has 92 valence electrons. The number of hydrogen-bond acceptors (Lipinski definition) is 1. The lowest BCUT2D eigenvalue weighted by Gasteiger charge is -2.13. The van der Waals surface area contributed by atoms with Gasteiger partial charge in [-0.3, -0.25) is 0 Å². The van der Waals surface area contributed by atoms with E-state index in [1.807, 2.05) is 0 Å². The quantitative estimate of drug-likeness (QED) is 0.832. The Kier molecular flexibility index (Phi) is 4.20. The average Bonchev–Trinajstić information content (AvgIpc) is 2.39.